The summed E-state index contributed by atoms with van der Waals surface area (Å²) in [6.45, 7) is 3.29. The highest BCUT2D eigenvalue weighted by Gasteiger charge is 2.34. The van der Waals surface area contributed by atoms with Gasteiger partial charge in [-0.25, -0.2) is 4.79 Å². The third-order valence-corrected chi connectivity index (χ3v) is 4.89. The van der Waals surface area contributed by atoms with Crippen molar-refractivity contribution in [1.82, 2.24) is 10.2 Å². The van der Waals surface area contributed by atoms with Crippen molar-refractivity contribution in [3.05, 3.63) is 28.2 Å². The summed E-state index contributed by atoms with van der Waals surface area (Å²) in [5, 5.41) is 6.79. The van der Waals surface area contributed by atoms with Gasteiger partial charge in [-0.15, -0.1) is 0 Å². The highest BCUT2D eigenvalue weighted by molar-refractivity contribution is 6.42. The van der Waals surface area contributed by atoms with Crippen LogP contribution in [0.2, 0.25) is 10.0 Å². The van der Waals surface area contributed by atoms with Crippen molar-refractivity contribution in [3.8, 4) is 0 Å². The number of carbonyl (C=O) groups excluding carboxylic acids is 1. The van der Waals surface area contributed by atoms with E-state index in [1.165, 1.54) is 12.8 Å². The van der Waals surface area contributed by atoms with E-state index in [0.717, 1.165) is 19.6 Å². The minimum atomic E-state index is -0.179. The fraction of sp³-hybridized carbons (Fsp3) is 0.500. The molecule has 2 N–H and O–H groups in total. The number of nitrogens with one attached hydrogen (secondary N) is 2. The molecule has 0 aliphatic carbocycles. The van der Waals surface area contributed by atoms with E-state index >= 15 is 0 Å². The lowest BCUT2D eigenvalue weighted by atomic mass is 9.84. The molecule has 0 radical (unpaired) electrons. The highest BCUT2D eigenvalue weighted by Crippen LogP contribution is 2.28. The monoisotopic (exact) mass is 313 g/mol. The van der Waals surface area contributed by atoms with E-state index < -0.39 is 0 Å². The lowest BCUT2D eigenvalue weighted by molar-refractivity contribution is 0.0777. The van der Waals surface area contributed by atoms with Crippen molar-refractivity contribution in [3.63, 3.8) is 0 Å². The maximum atomic E-state index is 12.0. The summed E-state index contributed by atoms with van der Waals surface area (Å²) < 4.78 is 0. The predicted octanol–water partition coefficient (Wildman–Crippen LogP) is 3.21. The fourth-order valence-electron chi connectivity index (χ4n) is 3.04. The van der Waals surface area contributed by atoms with Crippen molar-refractivity contribution in [2.75, 3.05) is 25.0 Å². The van der Waals surface area contributed by atoms with E-state index in [1.54, 1.807) is 18.2 Å². The second-order valence-corrected chi connectivity index (χ2v) is 6.29. The average molecular weight is 314 g/mol. The molecule has 0 aromatic heterocycles. The topological polar surface area (TPSA) is 44.4 Å². The Balaban J connectivity index is 1.58. The van der Waals surface area contributed by atoms with Crippen molar-refractivity contribution in [1.29, 1.82) is 0 Å². The Bertz CT molecular complexity index is 515. The van der Waals surface area contributed by atoms with Crippen LogP contribution < -0.4 is 10.6 Å². The van der Waals surface area contributed by atoms with Gasteiger partial charge >= 0.3 is 6.03 Å². The van der Waals surface area contributed by atoms with Gasteiger partial charge in [0.05, 0.1) is 10.0 Å². The van der Waals surface area contributed by atoms with Crippen LogP contribution in [-0.4, -0.2) is 36.6 Å². The molecule has 20 heavy (non-hydrogen) atoms. The van der Waals surface area contributed by atoms with Crippen LogP contribution in [0.3, 0.4) is 0 Å². The third kappa shape index (κ3) is 3.03. The molecule has 0 spiro atoms. The van der Waals surface area contributed by atoms with E-state index in [2.05, 4.69) is 15.5 Å². The molecule has 1 aromatic rings. The Kier molecular flexibility index (Phi) is 4.06. The summed E-state index contributed by atoms with van der Waals surface area (Å²) in [6.07, 6.45) is 2.36. The number of halogens is 2. The van der Waals surface area contributed by atoms with E-state index in [9.17, 15) is 4.79 Å². The average Bonchev–Trinajstić information content (AvgIpc) is 2.44. The SMILES string of the molecule is O=C(Nc1ccc(Cl)c(Cl)c1)NC1CN2CCC1CC2. The Morgan fingerprint density at radius 1 is 1.20 bits per heavy atom. The molecule has 3 aliphatic rings. The van der Waals surface area contributed by atoms with Gasteiger partial charge in [0.25, 0.3) is 0 Å². The summed E-state index contributed by atoms with van der Waals surface area (Å²) in [5.41, 5.74) is 0.651. The number of benzene rings is 1. The standard InChI is InChI=1S/C14H17Cl2N3O/c15-11-2-1-10(7-12(11)16)17-14(20)18-13-8-19-5-3-9(13)4-6-19/h1-2,7,9,13H,3-6,8H2,(H2,17,18,20). The Labute approximate surface area is 128 Å². The maximum absolute atomic E-state index is 12.0. The first kappa shape index (κ1) is 14.0. The van der Waals surface area contributed by atoms with E-state index in [0.29, 0.717) is 21.7 Å². The lowest BCUT2D eigenvalue weighted by Crippen LogP contribution is -2.57. The second-order valence-electron chi connectivity index (χ2n) is 5.47. The number of piperidine rings is 3. The molecule has 108 valence electrons. The van der Waals surface area contributed by atoms with Crippen LogP contribution in [0.5, 0.6) is 0 Å². The molecule has 3 saturated heterocycles. The minimum absolute atomic E-state index is 0.179. The molecule has 3 heterocycles. The lowest BCUT2D eigenvalue weighted by Gasteiger charge is -2.44. The van der Waals surface area contributed by atoms with Crippen LogP contribution in [0.1, 0.15) is 12.8 Å². The molecular weight excluding hydrogens is 297 g/mol. The number of rotatable bonds is 2. The first-order valence-corrected chi connectivity index (χ1v) is 7.62. The quantitative estimate of drug-likeness (QED) is 0.880. The van der Waals surface area contributed by atoms with Crippen LogP contribution in [0, 0.1) is 5.92 Å². The van der Waals surface area contributed by atoms with Crippen LogP contribution in [0.4, 0.5) is 10.5 Å². The van der Waals surface area contributed by atoms with Gasteiger partial charge in [0.1, 0.15) is 0 Å². The molecule has 3 aliphatic heterocycles. The van der Waals surface area contributed by atoms with Crippen LogP contribution in [0.25, 0.3) is 0 Å². The third-order valence-electron chi connectivity index (χ3n) is 4.15. The molecule has 0 saturated carbocycles. The largest absolute Gasteiger partial charge is 0.334 e. The number of hydrogen-bond donors (Lipinski definition) is 2. The van der Waals surface area contributed by atoms with Crippen LogP contribution >= 0.6 is 23.2 Å². The molecule has 6 heteroatoms. The van der Waals surface area contributed by atoms with E-state index in [1.807, 2.05) is 0 Å². The van der Waals surface area contributed by atoms with Gasteiger partial charge in [-0.1, -0.05) is 23.2 Å². The Morgan fingerprint density at radius 2 is 1.95 bits per heavy atom. The maximum Gasteiger partial charge on any atom is 0.319 e. The first-order chi connectivity index (χ1) is 9.61. The predicted molar refractivity (Wildman–Crippen MR) is 81.6 cm³/mol. The smallest absolute Gasteiger partial charge is 0.319 e. The molecule has 1 aromatic carbocycles. The number of carbonyl (C=O) groups is 1. The summed E-state index contributed by atoms with van der Waals surface area (Å²) in [6, 6.07) is 5.14. The summed E-state index contributed by atoms with van der Waals surface area (Å²) in [5.74, 6) is 0.611. The van der Waals surface area contributed by atoms with Crippen molar-refractivity contribution in [2.24, 2.45) is 5.92 Å². The summed E-state index contributed by atoms with van der Waals surface area (Å²) in [4.78, 5) is 14.4. The Hall–Kier alpha value is -0.970. The number of urea groups is 1. The van der Waals surface area contributed by atoms with Crippen molar-refractivity contribution < 1.29 is 4.79 Å². The summed E-state index contributed by atoms with van der Waals surface area (Å²) >= 11 is 11.8. The molecular formula is C14H17Cl2N3O. The van der Waals surface area contributed by atoms with Gasteiger partial charge in [-0.05, 0) is 50.0 Å². The number of nitrogens with zero attached hydrogens (tertiary/aromatic N) is 1. The van der Waals surface area contributed by atoms with Gasteiger partial charge in [0.15, 0.2) is 0 Å². The normalized spacial score (nSPS) is 28.2. The van der Waals surface area contributed by atoms with E-state index in [4.69, 9.17) is 23.2 Å². The fourth-order valence-corrected chi connectivity index (χ4v) is 3.34. The van der Waals surface area contributed by atoms with Crippen LogP contribution in [-0.2, 0) is 0 Å². The van der Waals surface area contributed by atoms with Gasteiger partial charge in [-0.3, -0.25) is 0 Å². The van der Waals surface area contributed by atoms with Crippen molar-refractivity contribution >= 4 is 34.9 Å². The molecule has 4 rings (SSSR count). The molecule has 4 nitrogen and oxygen atoms in total. The number of amides is 2. The highest BCUT2D eigenvalue weighted by atomic mass is 35.5. The van der Waals surface area contributed by atoms with Gasteiger partial charge in [-0.2, -0.15) is 0 Å². The zero-order valence-corrected chi connectivity index (χ0v) is 12.5. The van der Waals surface area contributed by atoms with Crippen LogP contribution in [0.15, 0.2) is 18.2 Å². The first-order valence-electron chi connectivity index (χ1n) is 6.87. The van der Waals surface area contributed by atoms with Gasteiger partial charge < -0.3 is 15.5 Å². The molecule has 3 fully saturated rings. The molecule has 1 atom stereocenters. The van der Waals surface area contributed by atoms with Gasteiger partial charge in [0, 0.05) is 18.3 Å². The summed E-state index contributed by atoms with van der Waals surface area (Å²) in [7, 11) is 0. The van der Waals surface area contributed by atoms with Gasteiger partial charge in [0.2, 0.25) is 0 Å². The minimum Gasteiger partial charge on any atom is -0.334 e. The number of anilines is 1. The molecule has 1 unspecified atom stereocenters. The zero-order chi connectivity index (χ0) is 14.1. The number of fused-ring (bicyclic) bond motifs is 3. The van der Waals surface area contributed by atoms with Crippen molar-refractivity contribution in [2.45, 2.75) is 18.9 Å². The Morgan fingerprint density at radius 3 is 2.55 bits per heavy atom. The van der Waals surface area contributed by atoms with E-state index in [-0.39, 0.29) is 12.1 Å². The molecule has 2 amide bonds. The second kappa shape index (κ2) is 5.80. The zero-order valence-electron chi connectivity index (χ0n) is 11.0. The molecule has 2 bridgehead atoms. The number of hydrogen-bond acceptors (Lipinski definition) is 2.